The van der Waals surface area contributed by atoms with E-state index in [4.69, 9.17) is 4.74 Å². The van der Waals surface area contributed by atoms with Gasteiger partial charge in [0.1, 0.15) is 0 Å². The first-order chi connectivity index (χ1) is 6.48. The number of ether oxygens (including phenoxy) is 1. The van der Waals surface area contributed by atoms with Crippen molar-refractivity contribution in [3.05, 3.63) is 0 Å². The Morgan fingerprint density at radius 2 is 1.93 bits per heavy atom. The third-order valence-corrected chi connectivity index (χ3v) is 3.35. The van der Waals surface area contributed by atoms with Crippen LogP contribution in [-0.4, -0.2) is 60.8 Å². The van der Waals surface area contributed by atoms with E-state index in [1.165, 1.54) is 0 Å². The molecule has 14 heavy (non-hydrogen) atoms. The van der Waals surface area contributed by atoms with E-state index in [1.807, 2.05) is 0 Å². The van der Waals surface area contributed by atoms with Gasteiger partial charge in [0.05, 0.1) is 18.8 Å². The first-order valence-electron chi connectivity index (χ1n) is 5.55. The van der Waals surface area contributed by atoms with Crippen molar-refractivity contribution in [3.63, 3.8) is 0 Å². The van der Waals surface area contributed by atoms with Crippen molar-refractivity contribution in [2.75, 3.05) is 33.3 Å². The average Bonchev–Trinajstić information content (AvgIpc) is 2.41. The highest BCUT2D eigenvalue weighted by Gasteiger charge is 2.42. The smallest absolute Gasteiger partial charge is 0.0870 e. The first-order valence-corrected chi connectivity index (χ1v) is 5.55. The number of likely N-dealkylation sites (tertiary alicyclic amines) is 1. The molecule has 2 aliphatic heterocycles. The first kappa shape index (κ1) is 10.4. The highest BCUT2D eigenvalue weighted by atomic mass is 16.5. The molecular weight excluding hydrogens is 176 g/mol. The molecule has 0 spiro atoms. The van der Waals surface area contributed by atoms with Gasteiger partial charge in [-0.15, -0.1) is 0 Å². The summed E-state index contributed by atoms with van der Waals surface area (Å²) in [6.45, 7) is 11.1. The van der Waals surface area contributed by atoms with Crippen LogP contribution in [0.3, 0.4) is 0 Å². The maximum absolute atomic E-state index is 5.81. The molecule has 2 saturated heterocycles. The molecule has 2 unspecified atom stereocenters. The predicted octanol–water partition coefficient (Wildman–Crippen LogP) is 0.800. The number of morpholine rings is 1. The number of hydrogen-bond donors (Lipinski definition) is 0. The zero-order chi connectivity index (χ0) is 10.3. The Kier molecular flexibility index (Phi) is 2.58. The lowest BCUT2D eigenvalue weighted by Crippen LogP contribution is -2.57. The van der Waals surface area contributed by atoms with Crippen LogP contribution in [0.25, 0.3) is 0 Å². The van der Waals surface area contributed by atoms with Gasteiger partial charge in [0.25, 0.3) is 0 Å². The van der Waals surface area contributed by atoms with Gasteiger partial charge in [0, 0.05) is 25.2 Å². The molecule has 0 aliphatic carbocycles. The minimum Gasteiger partial charge on any atom is -0.374 e. The van der Waals surface area contributed by atoms with E-state index in [9.17, 15) is 0 Å². The van der Waals surface area contributed by atoms with Crippen molar-refractivity contribution in [2.24, 2.45) is 0 Å². The molecule has 3 nitrogen and oxygen atoms in total. The van der Waals surface area contributed by atoms with Gasteiger partial charge in [0.2, 0.25) is 0 Å². The Morgan fingerprint density at radius 3 is 2.57 bits per heavy atom. The average molecular weight is 198 g/mol. The molecule has 2 aliphatic rings. The van der Waals surface area contributed by atoms with Gasteiger partial charge in [0.15, 0.2) is 0 Å². The van der Waals surface area contributed by atoms with Crippen LogP contribution in [0.4, 0.5) is 0 Å². The minimum atomic E-state index is 0.276. The maximum Gasteiger partial charge on any atom is 0.0870 e. The van der Waals surface area contributed by atoms with E-state index < -0.39 is 0 Å². The highest BCUT2D eigenvalue weighted by molar-refractivity contribution is 4.97. The van der Waals surface area contributed by atoms with Gasteiger partial charge < -0.3 is 9.64 Å². The van der Waals surface area contributed by atoms with Crippen molar-refractivity contribution in [2.45, 2.75) is 38.5 Å². The maximum atomic E-state index is 5.81. The van der Waals surface area contributed by atoms with Crippen molar-refractivity contribution in [3.8, 4) is 0 Å². The van der Waals surface area contributed by atoms with E-state index >= 15 is 0 Å². The molecule has 3 heteroatoms. The van der Waals surface area contributed by atoms with Crippen LogP contribution in [-0.2, 0) is 4.74 Å². The Balaban J connectivity index is 2.11. The van der Waals surface area contributed by atoms with Crippen LogP contribution in [0.2, 0.25) is 0 Å². The topological polar surface area (TPSA) is 15.7 Å². The number of nitrogens with zero attached hydrogens (tertiary/aromatic N) is 2. The largest absolute Gasteiger partial charge is 0.374 e. The van der Waals surface area contributed by atoms with E-state index in [0.29, 0.717) is 12.1 Å². The summed E-state index contributed by atoms with van der Waals surface area (Å²) in [5, 5.41) is 0. The summed E-state index contributed by atoms with van der Waals surface area (Å²) in [6.07, 6.45) is 0.438. The van der Waals surface area contributed by atoms with Crippen molar-refractivity contribution < 1.29 is 4.74 Å². The van der Waals surface area contributed by atoms with Gasteiger partial charge in [-0.3, -0.25) is 4.90 Å². The normalized spacial score (nSPS) is 36.0. The third kappa shape index (κ3) is 1.81. The van der Waals surface area contributed by atoms with Crippen LogP contribution in [0.15, 0.2) is 0 Å². The predicted molar refractivity (Wildman–Crippen MR) is 57.5 cm³/mol. The Morgan fingerprint density at radius 1 is 1.21 bits per heavy atom. The molecule has 0 aromatic heterocycles. The summed E-state index contributed by atoms with van der Waals surface area (Å²) in [7, 11) is 2.18. The molecule has 2 rings (SSSR count). The number of likely N-dealkylation sites (N-methyl/N-ethyl adjacent to an activating group) is 1. The zero-order valence-electron chi connectivity index (χ0n) is 9.79. The second-order valence-electron chi connectivity index (χ2n) is 5.56. The highest BCUT2D eigenvalue weighted by Crippen LogP contribution is 2.27. The van der Waals surface area contributed by atoms with Gasteiger partial charge >= 0.3 is 0 Å². The summed E-state index contributed by atoms with van der Waals surface area (Å²) < 4.78 is 5.81. The SMILES string of the molecule is CN1CC2OCCN(C(C)(C)C)C2C1. The lowest BCUT2D eigenvalue weighted by atomic mass is 10.00. The number of fused-ring (bicyclic) bond motifs is 1. The fraction of sp³-hybridized carbons (Fsp3) is 1.00. The van der Waals surface area contributed by atoms with Crippen LogP contribution in [0.5, 0.6) is 0 Å². The fourth-order valence-electron chi connectivity index (χ4n) is 2.70. The molecule has 0 amide bonds. The van der Waals surface area contributed by atoms with Gasteiger partial charge in [-0.05, 0) is 27.8 Å². The fourth-order valence-corrected chi connectivity index (χ4v) is 2.70. The molecule has 0 saturated carbocycles. The quantitative estimate of drug-likeness (QED) is 0.572. The van der Waals surface area contributed by atoms with Crippen LogP contribution >= 0.6 is 0 Å². The standard InChI is InChI=1S/C11H22N2O/c1-11(2,3)13-5-6-14-10-8-12(4)7-9(10)13/h9-10H,5-8H2,1-4H3. The molecule has 0 aromatic carbocycles. The molecule has 2 heterocycles. The summed E-state index contributed by atoms with van der Waals surface area (Å²) in [6, 6.07) is 0.605. The van der Waals surface area contributed by atoms with E-state index in [2.05, 4.69) is 37.6 Å². The summed E-state index contributed by atoms with van der Waals surface area (Å²) in [5.74, 6) is 0. The van der Waals surface area contributed by atoms with Gasteiger partial charge in [-0.2, -0.15) is 0 Å². The molecule has 2 atom stereocenters. The summed E-state index contributed by atoms with van der Waals surface area (Å²) in [4.78, 5) is 4.98. The third-order valence-electron chi connectivity index (χ3n) is 3.35. The van der Waals surface area contributed by atoms with Gasteiger partial charge in [-0.25, -0.2) is 0 Å². The molecule has 0 N–H and O–H groups in total. The number of hydrogen-bond acceptors (Lipinski definition) is 3. The van der Waals surface area contributed by atoms with Crippen LogP contribution < -0.4 is 0 Å². The number of rotatable bonds is 0. The van der Waals surface area contributed by atoms with Crippen LogP contribution in [0.1, 0.15) is 20.8 Å². The van der Waals surface area contributed by atoms with Gasteiger partial charge in [-0.1, -0.05) is 0 Å². The molecule has 0 aromatic rings. The second kappa shape index (κ2) is 3.47. The lowest BCUT2D eigenvalue weighted by Gasteiger charge is -2.45. The molecule has 82 valence electrons. The monoisotopic (exact) mass is 198 g/mol. The lowest BCUT2D eigenvalue weighted by molar-refractivity contribution is -0.0792. The summed E-state index contributed by atoms with van der Waals surface area (Å²) in [5.41, 5.74) is 0.276. The second-order valence-corrected chi connectivity index (χ2v) is 5.56. The minimum absolute atomic E-state index is 0.276. The molecule has 2 fully saturated rings. The molecular formula is C11H22N2O. The Labute approximate surface area is 87.0 Å². The molecule has 0 bridgehead atoms. The van der Waals surface area contributed by atoms with Crippen LogP contribution in [0, 0.1) is 0 Å². The zero-order valence-corrected chi connectivity index (χ0v) is 9.79. The van der Waals surface area contributed by atoms with Crippen molar-refractivity contribution >= 4 is 0 Å². The van der Waals surface area contributed by atoms with Crippen molar-refractivity contribution in [1.29, 1.82) is 0 Å². The Hall–Kier alpha value is -0.120. The van der Waals surface area contributed by atoms with E-state index in [-0.39, 0.29) is 5.54 Å². The van der Waals surface area contributed by atoms with Crippen molar-refractivity contribution in [1.82, 2.24) is 9.80 Å². The Bertz CT molecular complexity index is 212. The summed E-state index contributed by atoms with van der Waals surface area (Å²) >= 11 is 0. The molecule has 0 radical (unpaired) electrons. The van der Waals surface area contributed by atoms with E-state index in [1.54, 1.807) is 0 Å². The van der Waals surface area contributed by atoms with E-state index in [0.717, 1.165) is 26.2 Å².